The number of methoxy groups -OCH3 is 1. The Morgan fingerprint density at radius 3 is 2.56 bits per heavy atom. The second-order valence-electron chi connectivity index (χ2n) is 4.12. The van der Waals surface area contributed by atoms with Crippen molar-refractivity contribution in [3.8, 4) is 5.88 Å². The fourth-order valence-corrected chi connectivity index (χ4v) is 1.75. The molecule has 3 nitrogen and oxygen atoms in total. The summed E-state index contributed by atoms with van der Waals surface area (Å²) >= 11 is 0. The minimum atomic E-state index is 0.656. The molecule has 0 fully saturated rings. The molecule has 0 saturated carbocycles. The molecule has 0 unspecified atom stereocenters. The summed E-state index contributed by atoms with van der Waals surface area (Å²) in [5, 5.41) is 3.41. The Kier molecular flexibility index (Phi) is 4.73. The highest BCUT2D eigenvalue weighted by molar-refractivity contribution is 5.18. The first-order valence-electron chi connectivity index (χ1n) is 6.12. The van der Waals surface area contributed by atoms with Gasteiger partial charge in [-0.3, -0.25) is 0 Å². The lowest BCUT2D eigenvalue weighted by Crippen LogP contribution is -2.16. The van der Waals surface area contributed by atoms with Crippen molar-refractivity contribution in [3.63, 3.8) is 0 Å². The molecule has 0 radical (unpaired) electrons. The minimum Gasteiger partial charge on any atom is -0.481 e. The van der Waals surface area contributed by atoms with Gasteiger partial charge in [0.2, 0.25) is 5.88 Å². The number of benzene rings is 1. The lowest BCUT2D eigenvalue weighted by atomic mass is 10.1. The van der Waals surface area contributed by atoms with Crippen LogP contribution in [0.3, 0.4) is 0 Å². The molecule has 3 heteroatoms. The molecule has 0 aliphatic carbocycles. The van der Waals surface area contributed by atoms with Crippen molar-refractivity contribution in [2.24, 2.45) is 0 Å². The Labute approximate surface area is 108 Å². The summed E-state index contributed by atoms with van der Waals surface area (Å²) in [5.41, 5.74) is 2.53. The predicted molar refractivity (Wildman–Crippen MR) is 72.6 cm³/mol. The number of pyridine rings is 1. The van der Waals surface area contributed by atoms with E-state index in [2.05, 4.69) is 34.6 Å². The van der Waals surface area contributed by atoms with Gasteiger partial charge in [0, 0.05) is 18.8 Å². The highest BCUT2D eigenvalue weighted by atomic mass is 16.5. The van der Waals surface area contributed by atoms with E-state index >= 15 is 0 Å². The Bertz CT molecular complexity index is 454. The number of rotatable bonds is 6. The number of ether oxygens (including phenoxy) is 1. The molecule has 1 aromatic heterocycles. The molecule has 1 aromatic carbocycles. The Balaban J connectivity index is 1.72. The highest BCUT2D eigenvalue weighted by Gasteiger charge is 1.96. The third kappa shape index (κ3) is 3.86. The van der Waals surface area contributed by atoms with Crippen LogP contribution in [0.5, 0.6) is 5.88 Å². The van der Waals surface area contributed by atoms with Crippen LogP contribution in [-0.4, -0.2) is 18.6 Å². The van der Waals surface area contributed by atoms with Crippen LogP contribution in [0.1, 0.15) is 11.1 Å². The quantitative estimate of drug-likeness (QED) is 0.790. The van der Waals surface area contributed by atoms with Crippen molar-refractivity contribution in [2.45, 2.75) is 13.0 Å². The van der Waals surface area contributed by atoms with E-state index in [1.54, 1.807) is 7.11 Å². The van der Waals surface area contributed by atoms with Crippen molar-refractivity contribution >= 4 is 0 Å². The number of nitrogens with one attached hydrogen (secondary N) is 1. The molecule has 0 aliphatic heterocycles. The molecule has 1 N–H and O–H groups in total. The molecule has 2 rings (SSSR count). The first-order chi connectivity index (χ1) is 8.88. The van der Waals surface area contributed by atoms with Crippen LogP contribution in [-0.2, 0) is 13.0 Å². The Morgan fingerprint density at radius 2 is 1.89 bits per heavy atom. The zero-order valence-electron chi connectivity index (χ0n) is 10.6. The monoisotopic (exact) mass is 242 g/mol. The maximum absolute atomic E-state index is 5.02. The second-order valence-corrected chi connectivity index (χ2v) is 4.12. The van der Waals surface area contributed by atoms with Gasteiger partial charge in [-0.1, -0.05) is 36.4 Å². The van der Waals surface area contributed by atoms with Gasteiger partial charge in [0.25, 0.3) is 0 Å². The lowest BCUT2D eigenvalue weighted by Gasteiger charge is -2.05. The summed E-state index contributed by atoms with van der Waals surface area (Å²) in [6, 6.07) is 14.4. The third-order valence-electron chi connectivity index (χ3n) is 2.77. The van der Waals surface area contributed by atoms with E-state index in [-0.39, 0.29) is 0 Å². The summed E-state index contributed by atoms with van der Waals surface area (Å²) < 4.78 is 5.02. The van der Waals surface area contributed by atoms with Gasteiger partial charge in [-0.15, -0.1) is 0 Å². The van der Waals surface area contributed by atoms with Crippen LogP contribution >= 0.6 is 0 Å². The predicted octanol–water partition coefficient (Wildman–Crippen LogP) is 2.42. The first-order valence-corrected chi connectivity index (χ1v) is 6.12. The average Bonchev–Trinajstić information content (AvgIpc) is 2.45. The zero-order valence-corrected chi connectivity index (χ0v) is 10.6. The van der Waals surface area contributed by atoms with Crippen molar-refractivity contribution in [2.75, 3.05) is 13.7 Å². The van der Waals surface area contributed by atoms with Crippen LogP contribution in [0.25, 0.3) is 0 Å². The van der Waals surface area contributed by atoms with Crippen molar-refractivity contribution in [1.82, 2.24) is 10.3 Å². The molecular formula is C15H18N2O. The number of aromatic nitrogens is 1. The molecule has 18 heavy (non-hydrogen) atoms. The van der Waals surface area contributed by atoms with Crippen molar-refractivity contribution in [3.05, 3.63) is 59.8 Å². The molecule has 0 amide bonds. The molecule has 0 atom stereocenters. The fourth-order valence-electron chi connectivity index (χ4n) is 1.75. The number of hydrogen-bond donors (Lipinski definition) is 1. The van der Waals surface area contributed by atoms with Gasteiger partial charge in [0.1, 0.15) is 0 Å². The average molecular weight is 242 g/mol. The Morgan fingerprint density at radius 1 is 1.06 bits per heavy atom. The van der Waals surface area contributed by atoms with Gasteiger partial charge in [-0.05, 0) is 24.1 Å². The van der Waals surface area contributed by atoms with E-state index in [9.17, 15) is 0 Å². The van der Waals surface area contributed by atoms with E-state index in [0.717, 1.165) is 19.5 Å². The highest BCUT2D eigenvalue weighted by Crippen LogP contribution is 2.06. The summed E-state index contributed by atoms with van der Waals surface area (Å²) in [7, 11) is 1.63. The molecule has 0 spiro atoms. The van der Waals surface area contributed by atoms with Crippen LogP contribution in [0.4, 0.5) is 0 Å². The topological polar surface area (TPSA) is 34.1 Å². The number of nitrogens with zero attached hydrogens (tertiary/aromatic N) is 1. The van der Waals surface area contributed by atoms with Crippen molar-refractivity contribution in [1.29, 1.82) is 0 Å². The fraction of sp³-hybridized carbons (Fsp3) is 0.267. The van der Waals surface area contributed by atoms with Gasteiger partial charge in [0.05, 0.1) is 7.11 Å². The minimum absolute atomic E-state index is 0.656. The molecule has 94 valence electrons. The molecule has 2 aromatic rings. The first kappa shape index (κ1) is 12.6. The summed E-state index contributed by atoms with van der Waals surface area (Å²) in [6.07, 6.45) is 2.89. The van der Waals surface area contributed by atoms with E-state index in [4.69, 9.17) is 4.74 Å². The van der Waals surface area contributed by atoms with E-state index in [0.29, 0.717) is 5.88 Å². The van der Waals surface area contributed by atoms with Crippen LogP contribution in [0, 0.1) is 0 Å². The van der Waals surface area contributed by atoms with Crippen LogP contribution in [0.15, 0.2) is 48.7 Å². The summed E-state index contributed by atoms with van der Waals surface area (Å²) in [6.45, 7) is 1.81. The zero-order chi connectivity index (χ0) is 12.6. The second kappa shape index (κ2) is 6.77. The van der Waals surface area contributed by atoms with E-state index in [1.165, 1.54) is 11.1 Å². The van der Waals surface area contributed by atoms with Gasteiger partial charge in [-0.2, -0.15) is 0 Å². The van der Waals surface area contributed by atoms with Crippen LogP contribution in [0.2, 0.25) is 0 Å². The normalized spacial score (nSPS) is 10.3. The van der Waals surface area contributed by atoms with Crippen molar-refractivity contribution < 1.29 is 4.74 Å². The standard InChI is InChI=1S/C15H18N2O/c1-18-15-8-7-14(12-17-15)11-16-10-9-13-5-3-2-4-6-13/h2-8,12,16H,9-11H2,1H3. The SMILES string of the molecule is COc1ccc(CNCCc2ccccc2)cn1. The van der Waals surface area contributed by atoms with Gasteiger partial charge < -0.3 is 10.1 Å². The summed E-state index contributed by atoms with van der Waals surface area (Å²) in [5.74, 6) is 0.656. The van der Waals surface area contributed by atoms with Gasteiger partial charge >= 0.3 is 0 Å². The van der Waals surface area contributed by atoms with Gasteiger partial charge in [0.15, 0.2) is 0 Å². The maximum atomic E-state index is 5.02. The van der Waals surface area contributed by atoms with E-state index in [1.807, 2.05) is 24.4 Å². The largest absolute Gasteiger partial charge is 0.481 e. The Hall–Kier alpha value is -1.87. The molecule has 0 saturated heterocycles. The van der Waals surface area contributed by atoms with Gasteiger partial charge in [-0.25, -0.2) is 4.98 Å². The van der Waals surface area contributed by atoms with Crippen LogP contribution < -0.4 is 10.1 Å². The lowest BCUT2D eigenvalue weighted by molar-refractivity contribution is 0.397. The summed E-state index contributed by atoms with van der Waals surface area (Å²) in [4.78, 5) is 4.17. The molecular weight excluding hydrogens is 224 g/mol. The molecule has 0 aliphatic rings. The maximum Gasteiger partial charge on any atom is 0.212 e. The van der Waals surface area contributed by atoms with E-state index < -0.39 is 0 Å². The third-order valence-corrected chi connectivity index (χ3v) is 2.77. The number of hydrogen-bond acceptors (Lipinski definition) is 3. The molecule has 1 heterocycles. The molecule has 0 bridgehead atoms. The smallest absolute Gasteiger partial charge is 0.212 e.